The first-order valence-electron chi connectivity index (χ1n) is 7.44. The highest BCUT2D eigenvalue weighted by Gasteiger charge is 2.30. The molecule has 1 aliphatic carbocycles. The predicted molar refractivity (Wildman–Crippen MR) is 78.8 cm³/mol. The van der Waals surface area contributed by atoms with Crippen molar-refractivity contribution in [3.8, 4) is 5.75 Å². The standard InChI is InChI=1S/C16H26N2O/c1-3-10-19-15-7-5-4-6-14(15)16(18-17)13-9-8-12(2)11-13/h4-7,12-13,16,18H,3,8-11,17H2,1-2H3. The molecule has 0 spiro atoms. The summed E-state index contributed by atoms with van der Waals surface area (Å²) < 4.78 is 5.86. The first-order chi connectivity index (χ1) is 9.26. The lowest BCUT2D eigenvalue weighted by Gasteiger charge is -2.25. The molecule has 19 heavy (non-hydrogen) atoms. The van der Waals surface area contributed by atoms with Gasteiger partial charge in [-0.1, -0.05) is 38.5 Å². The lowest BCUT2D eigenvalue weighted by molar-refractivity contribution is 0.297. The minimum atomic E-state index is 0.206. The Bertz CT molecular complexity index is 394. The van der Waals surface area contributed by atoms with Gasteiger partial charge < -0.3 is 4.74 Å². The molecule has 0 saturated heterocycles. The Kier molecular flexibility index (Phi) is 5.23. The Morgan fingerprint density at radius 1 is 1.37 bits per heavy atom. The van der Waals surface area contributed by atoms with Gasteiger partial charge >= 0.3 is 0 Å². The van der Waals surface area contributed by atoms with Crippen LogP contribution in [0.4, 0.5) is 0 Å². The fraction of sp³-hybridized carbons (Fsp3) is 0.625. The van der Waals surface area contributed by atoms with E-state index < -0.39 is 0 Å². The van der Waals surface area contributed by atoms with Gasteiger partial charge in [0.15, 0.2) is 0 Å². The van der Waals surface area contributed by atoms with Gasteiger partial charge in [0.1, 0.15) is 5.75 Å². The second-order valence-corrected chi connectivity index (χ2v) is 5.71. The number of nitrogens with two attached hydrogens (primary N) is 1. The van der Waals surface area contributed by atoms with E-state index in [0.29, 0.717) is 5.92 Å². The van der Waals surface area contributed by atoms with Gasteiger partial charge in [0.25, 0.3) is 0 Å². The van der Waals surface area contributed by atoms with Crippen LogP contribution in [0.15, 0.2) is 24.3 Å². The zero-order chi connectivity index (χ0) is 13.7. The number of rotatable bonds is 6. The summed E-state index contributed by atoms with van der Waals surface area (Å²) in [6.45, 7) is 5.21. The highest BCUT2D eigenvalue weighted by Crippen LogP contribution is 2.40. The smallest absolute Gasteiger partial charge is 0.124 e. The molecule has 3 atom stereocenters. The van der Waals surface area contributed by atoms with Gasteiger partial charge in [-0.3, -0.25) is 11.3 Å². The van der Waals surface area contributed by atoms with Gasteiger partial charge in [0.2, 0.25) is 0 Å². The van der Waals surface area contributed by atoms with Crippen LogP contribution in [0.1, 0.15) is 51.1 Å². The Morgan fingerprint density at radius 2 is 2.16 bits per heavy atom. The molecule has 3 heteroatoms. The van der Waals surface area contributed by atoms with E-state index in [1.165, 1.54) is 24.8 Å². The Hall–Kier alpha value is -1.06. The van der Waals surface area contributed by atoms with Crippen molar-refractivity contribution in [2.75, 3.05) is 6.61 Å². The summed E-state index contributed by atoms with van der Waals surface area (Å²) in [4.78, 5) is 0. The van der Waals surface area contributed by atoms with Crippen molar-refractivity contribution in [2.24, 2.45) is 17.7 Å². The SMILES string of the molecule is CCCOc1ccccc1C(NN)C1CCC(C)C1. The van der Waals surface area contributed by atoms with Crippen LogP contribution in [0.25, 0.3) is 0 Å². The van der Waals surface area contributed by atoms with E-state index in [9.17, 15) is 0 Å². The average molecular weight is 262 g/mol. The number of ether oxygens (including phenoxy) is 1. The maximum Gasteiger partial charge on any atom is 0.124 e. The molecule has 1 aliphatic rings. The Balaban J connectivity index is 2.17. The van der Waals surface area contributed by atoms with E-state index >= 15 is 0 Å². The van der Waals surface area contributed by atoms with Crippen LogP contribution < -0.4 is 16.0 Å². The van der Waals surface area contributed by atoms with Crippen LogP contribution >= 0.6 is 0 Å². The molecule has 0 heterocycles. The zero-order valence-corrected chi connectivity index (χ0v) is 12.1. The van der Waals surface area contributed by atoms with Crippen molar-refractivity contribution < 1.29 is 4.74 Å². The third-order valence-corrected chi connectivity index (χ3v) is 4.10. The van der Waals surface area contributed by atoms with Crippen LogP contribution in [0.3, 0.4) is 0 Å². The van der Waals surface area contributed by atoms with Gasteiger partial charge in [0.05, 0.1) is 12.6 Å². The molecule has 0 aliphatic heterocycles. The minimum absolute atomic E-state index is 0.206. The maximum atomic E-state index is 5.86. The fourth-order valence-electron chi connectivity index (χ4n) is 3.11. The molecular formula is C16H26N2O. The second-order valence-electron chi connectivity index (χ2n) is 5.71. The first-order valence-corrected chi connectivity index (χ1v) is 7.44. The summed E-state index contributed by atoms with van der Waals surface area (Å²) in [5.74, 6) is 8.23. The molecule has 2 rings (SSSR count). The molecule has 3 N–H and O–H groups in total. The zero-order valence-electron chi connectivity index (χ0n) is 12.1. The molecule has 1 aromatic rings. The van der Waals surface area contributed by atoms with E-state index in [0.717, 1.165) is 24.7 Å². The largest absolute Gasteiger partial charge is 0.493 e. The molecule has 106 valence electrons. The lowest BCUT2D eigenvalue weighted by atomic mass is 9.91. The number of para-hydroxylation sites is 1. The van der Waals surface area contributed by atoms with E-state index in [1.807, 2.05) is 12.1 Å². The quantitative estimate of drug-likeness (QED) is 0.610. The number of benzene rings is 1. The molecule has 3 nitrogen and oxygen atoms in total. The molecule has 3 unspecified atom stereocenters. The topological polar surface area (TPSA) is 47.3 Å². The Labute approximate surface area is 116 Å². The van der Waals surface area contributed by atoms with E-state index in [-0.39, 0.29) is 6.04 Å². The van der Waals surface area contributed by atoms with Crippen LogP contribution in [-0.4, -0.2) is 6.61 Å². The molecule has 0 amide bonds. The van der Waals surface area contributed by atoms with Crippen molar-refractivity contribution in [3.05, 3.63) is 29.8 Å². The first kappa shape index (κ1) is 14.4. The molecule has 0 aromatic heterocycles. The van der Waals surface area contributed by atoms with Gasteiger partial charge in [0, 0.05) is 5.56 Å². The fourth-order valence-corrected chi connectivity index (χ4v) is 3.11. The number of nitrogens with one attached hydrogen (secondary N) is 1. The van der Waals surface area contributed by atoms with E-state index in [1.54, 1.807) is 0 Å². The van der Waals surface area contributed by atoms with Gasteiger partial charge in [-0.25, -0.2) is 0 Å². The Morgan fingerprint density at radius 3 is 2.79 bits per heavy atom. The highest BCUT2D eigenvalue weighted by molar-refractivity contribution is 5.36. The monoisotopic (exact) mass is 262 g/mol. The van der Waals surface area contributed by atoms with Crippen molar-refractivity contribution in [2.45, 2.75) is 45.6 Å². The van der Waals surface area contributed by atoms with Crippen LogP contribution in [0.2, 0.25) is 0 Å². The number of hydrazine groups is 1. The molecule has 1 saturated carbocycles. The molecule has 1 aromatic carbocycles. The van der Waals surface area contributed by atoms with Crippen molar-refractivity contribution in [1.82, 2.24) is 5.43 Å². The third-order valence-electron chi connectivity index (χ3n) is 4.10. The van der Waals surface area contributed by atoms with Crippen molar-refractivity contribution in [1.29, 1.82) is 0 Å². The van der Waals surface area contributed by atoms with Gasteiger partial charge in [-0.15, -0.1) is 0 Å². The van der Waals surface area contributed by atoms with E-state index in [4.69, 9.17) is 10.6 Å². The van der Waals surface area contributed by atoms with Crippen LogP contribution in [-0.2, 0) is 0 Å². The lowest BCUT2D eigenvalue weighted by Crippen LogP contribution is -2.33. The minimum Gasteiger partial charge on any atom is -0.493 e. The summed E-state index contributed by atoms with van der Waals surface area (Å²) in [5.41, 5.74) is 4.22. The van der Waals surface area contributed by atoms with Crippen LogP contribution in [0, 0.1) is 11.8 Å². The molecule has 1 fully saturated rings. The third kappa shape index (κ3) is 3.48. The van der Waals surface area contributed by atoms with Gasteiger partial charge in [-0.2, -0.15) is 0 Å². The van der Waals surface area contributed by atoms with Crippen LogP contribution in [0.5, 0.6) is 5.75 Å². The summed E-state index contributed by atoms with van der Waals surface area (Å²) >= 11 is 0. The normalized spacial score (nSPS) is 24.4. The van der Waals surface area contributed by atoms with Crippen molar-refractivity contribution >= 4 is 0 Å². The highest BCUT2D eigenvalue weighted by atomic mass is 16.5. The molecular weight excluding hydrogens is 236 g/mol. The maximum absolute atomic E-state index is 5.86. The predicted octanol–water partition coefficient (Wildman–Crippen LogP) is 3.42. The summed E-state index contributed by atoms with van der Waals surface area (Å²) in [7, 11) is 0. The summed E-state index contributed by atoms with van der Waals surface area (Å²) in [6.07, 6.45) is 4.82. The van der Waals surface area contributed by atoms with Gasteiger partial charge in [-0.05, 0) is 37.2 Å². The molecule has 0 radical (unpaired) electrons. The average Bonchev–Trinajstić information content (AvgIpc) is 2.85. The molecule has 0 bridgehead atoms. The number of hydrogen-bond acceptors (Lipinski definition) is 3. The van der Waals surface area contributed by atoms with Crippen molar-refractivity contribution in [3.63, 3.8) is 0 Å². The van der Waals surface area contributed by atoms with E-state index in [2.05, 4.69) is 31.4 Å². The summed E-state index contributed by atoms with van der Waals surface area (Å²) in [6, 6.07) is 8.49. The summed E-state index contributed by atoms with van der Waals surface area (Å²) in [5, 5.41) is 0. The number of hydrogen-bond donors (Lipinski definition) is 2. The second kappa shape index (κ2) is 6.92.